The van der Waals surface area contributed by atoms with Gasteiger partial charge in [-0.2, -0.15) is 0 Å². The first kappa shape index (κ1) is 12.0. The highest BCUT2D eigenvalue weighted by atomic mass is 79.9. The number of nitrogens with zero attached hydrogens (tertiary/aromatic N) is 1. The number of halogens is 1. The number of hydrogen-bond donors (Lipinski definition) is 1. The molecule has 0 aliphatic heterocycles. The van der Waals surface area contributed by atoms with Crippen LogP contribution in [0, 0.1) is 5.92 Å². The second-order valence-electron chi connectivity index (χ2n) is 4.38. The van der Waals surface area contributed by atoms with Crippen LogP contribution >= 0.6 is 27.3 Å². The molecule has 0 aromatic carbocycles. The Balaban J connectivity index is 2.01. The number of aryl methyl sites for hydroxylation is 2. The van der Waals surface area contributed by atoms with E-state index in [1.165, 1.54) is 17.0 Å². The van der Waals surface area contributed by atoms with E-state index in [2.05, 4.69) is 26.2 Å². The molecule has 1 heterocycles. The van der Waals surface area contributed by atoms with Crippen molar-refractivity contribution >= 4 is 38.3 Å². The molecule has 0 fully saturated rings. The molecular weight excluding hydrogens is 288 g/mol. The third kappa shape index (κ3) is 2.46. The predicted molar refractivity (Wildman–Crippen MR) is 70.3 cm³/mol. The van der Waals surface area contributed by atoms with Crippen LogP contribution in [-0.4, -0.2) is 15.7 Å². The van der Waals surface area contributed by atoms with Gasteiger partial charge in [0.15, 0.2) is 5.13 Å². The van der Waals surface area contributed by atoms with Crippen molar-refractivity contribution in [1.29, 1.82) is 0 Å². The monoisotopic (exact) mass is 302 g/mol. The van der Waals surface area contributed by atoms with Crippen LogP contribution in [0.4, 0.5) is 5.13 Å². The van der Waals surface area contributed by atoms with Crippen LogP contribution in [-0.2, 0) is 17.6 Å². The highest BCUT2D eigenvalue weighted by molar-refractivity contribution is 9.10. The molecule has 1 N–H and O–H groups in total. The molecule has 88 valence electrons. The van der Waals surface area contributed by atoms with Crippen LogP contribution in [0.25, 0.3) is 0 Å². The average Bonchev–Trinajstić information content (AvgIpc) is 2.76. The number of amides is 1. The van der Waals surface area contributed by atoms with E-state index in [0.29, 0.717) is 0 Å². The van der Waals surface area contributed by atoms with E-state index < -0.39 is 0 Å². The van der Waals surface area contributed by atoms with Crippen LogP contribution < -0.4 is 5.32 Å². The third-order valence-corrected chi connectivity index (χ3v) is 5.21. The summed E-state index contributed by atoms with van der Waals surface area (Å²) in [5.74, 6) is 0.286. The van der Waals surface area contributed by atoms with Crippen molar-refractivity contribution in [3.63, 3.8) is 0 Å². The number of aromatic nitrogens is 1. The maximum Gasteiger partial charge on any atom is 0.240 e. The molecule has 16 heavy (non-hydrogen) atoms. The summed E-state index contributed by atoms with van der Waals surface area (Å²) < 4.78 is 0. The summed E-state index contributed by atoms with van der Waals surface area (Å²) in [7, 11) is 0. The van der Waals surface area contributed by atoms with Crippen molar-refractivity contribution in [1.82, 2.24) is 4.98 Å². The summed E-state index contributed by atoms with van der Waals surface area (Å²) in [5, 5.41) is 3.62. The fraction of sp³-hybridized carbons (Fsp3) is 0.636. The molecule has 0 bridgehead atoms. The van der Waals surface area contributed by atoms with E-state index in [0.717, 1.165) is 18.0 Å². The number of fused-ring (bicyclic) bond motifs is 1. The van der Waals surface area contributed by atoms with Gasteiger partial charge in [0, 0.05) is 4.88 Å². The summed E-state index contributed by atoms with van der Waals surface area (Å²) in [6.07, 6.45) is 3.38. The highest BCUT2D eigenvalue weighted by Crippen LogP contribution is 2.30. The van der Waals surface area contributed by atoms with Crippen LogP contribution in [0.5, 0.6) is 0 Å². The maximum absolute atomic E-state index is 11.8. The van der Waals surface area contributed by atoms with E-state index >= 15 is 0 Å². The van der Waals surface area contributed by atoms with E-state index in [-0.39, 0.29) is 16.7 Å². The number of carbonyl (C=O) groups is 1. The molecule has 1 aromatic rings. The average molecular weight is 303 g/mol. The van der Waals surface area contributed by atoms with Gasteiger partial charge in [-0.25, -0.2) is 4.98 Å². The van der Waals surface area contributed by atoms with Crippen molar-refractivity contribution in [2.24, 2.45) is 5.92 Å². The van der Waals surface area contributed by atoms with Gasteiger partial charge in [0.1, 0.15) is 0 Å². The summed E-state index contributed by atoms with van der Waals surface area (Å²) in [6, 6.07) is 0. The van der Waals surface area contributed by atoms with Crippen LogP contribution in [0.15, 0.2) is 0 Å². The molecule has 0 saturated heterocycles. The first-order valence-electron chi connectivity index (χ1n) is 5.51. The fourth-order valence-corrected chi connectivity index (χ4v) is 2.89. The minimum atomic E-state index is -0.147. The van der Waals surface area contributed by atoms with Crippen molar-refractivity contribution in [3.05, 3.63) is 10.6 Å². The van der Waals surface area contributed by atoms with Crippen molar-refractivity contribution in [2.45, 2.75) is 37.9 Å². The van der Waals surface area contributed by atoms with E-state index in [4.69, 9.17) is 0 Å². The number of rotatable bonds is 3. The zero-order valence-corrected chi connectivity index (χ0v) is 11.8. The zero-order chi connectivity index (χ0) is 11.7. The van der Waals surface area contributed by atoms with Gasteiger partial charge in [0.25, 0.3) is 0 Å². The standard InChI is InChI=1S/C11H15BrN2OS/c1-6(2)9(12)10(15)14-11-13-7-4-3-5-8(7)16-11/h6,9H,3-5H2,1-2H3,(H,13,14,15). The van der Waals surface area contributed by atoms with Crippen molar-refractivity contribution in [2.75, 3.05) is 5.32 Å². The Morgan fingerprint density at radius 2 is 2.25 bits per heavy atom. The van der Waals surface area contributed by atoms with Gasteiger partial charge in [-0.15, -0.1) is 11.3 Å². The van der Waals surface area contributed by atoms with Gasteiger partial charge in [-0.1, -0.05) is 29.8 Å². The smallest absolute Gasteiger partial charge is 0.240 e. The lowest BCUT2D eigenvalue weighted by Gasteiger charge is -2.11. The Kier molecular flexibility index (Phi) is 3.64. The molecule has 5 heteroatoms. The summed E-state index contributed by atoms with van der Waals surface area (Å²) in [5.41, 5.74) is 1.18. The quantitative estimate of drug-likeness (QED) is 0.872. The topological polar surface area (TPSA) is 42.0 Å². The van der Waals surface area contributed by atoms with Gasteiger partial charge < -0.3 is 5.32 Å². The number of carbonyl (C=O) groups excluding carboxylic acids is 1. The second kappa shape index (κ2) is 4.84. The number of alkyl halides is 1. The number of nitrogens with one attached hydrogen (secondary N) is 1. The third-order valence-electron chi connectivity index (χ3n) is 2.66. The van der Waals surface area contributed by atoms with Crippen LogP contribution in [0.3, 0.4) is 0 Å². The molecule has 1 aliphatic carbocycles. The Hall–Kier alpha value is -0.420. The van der Waals surface area contributed by atoms with Crippen molar-refractivity contribution < 1.29 is 4.79 Å². The molecule has 0 radical (unpaired) electrons. The molecule has 3 nitrogen and oxygen atoms in total. The number of anilines is 1. The normalized spacial score (nSPS) is 16.2. The molecular formula is C11H15BrN2OS. The lowest BCUT2D eigenvalue weighted by molar-refractivity contribution is -0.116. The summed E-state index contributed by atoms with van der Waals surface area (Å²) >= 11 is 5.00. The fourth-order valence-electron chi connectivity index (χ4n) is 1.72. The lowest BCUT2D eigenvalue weighted by atomic mass is 10.1. The predicted octanol–water partition coefficient (Wildman–Crippen LogP) is 2.99. The Labute approximate surface area is 108 Å². The molecule has 1 aliphatic rings. The largest absolute Gasteiger partial charge is 0.301 e. The summed E-state index contributed by atoms with van der Waals surface area (Å²) in [4.78, 5) is 17.4. The summed E-state index contributed by atoms with van der Waals surface area (Å²) in [6.45, 7) is 4.03. The van der Waals surface area contributed by atoms with Crippen molar-refractivity contribution in [3.8, 4) is 0 Å². The van der Waals surface area contributed by atoms with Gasteiger partial charge in [0.05, 0.1) is 10.5 Å². The van der Waals surface area contributed by atoms with Crippen LogP contribution in [0.1, 0.15) is 30.8 Å². The Morgan fingerprint density at radius 3 is 2.88 bits per heavy atom. The van der Waals surface area contributed by atoms with Crippen LogP contribution in [0.2, 0.25) is 0 Å². The molecule has 0 spiro atoms. The molecule has 1 atom stereocenters. The molecule has 2 rings (SSSR count). The SMILES string of the molecule is CC(C)C(Br)C(=O)Nc1nc2c(s1)CCC2. The van der Waals surface area contributed by atoms with E-state index in [1.807, 2.05) is 13.8 Å². The zero-order valence-electron chi connectivity index (χ0n) is 9.42. The van der Waals surface area contributed by atoms with E-state index in [1.54, 1.807) is 11.3 Å². The first-order chi connectivity index (χ1) is 7.58. The van der Waals surface area contributed by atoms with Gasteiger partial charge >= 0.3 is 0 Å². The highest BCUT2D eigenvalue weighted by Gasteiger charge is 2.22. The molecule has 1 aromatic heterocycles. The maximum atomic E-state index is 11.8. The number of hydrogen-bond acceptors (Lipinski definition) is 3. The Morgan fingerprint density at radius 1 is 1.50 bits per heavy atom. The van der Waals surface area contributed by atoms with Gasteiger partial charge in [-0.05, 0) is 25.2 Å². The second-order valence-corrected chi connectivity index (χ2v) is 6.45. The molecule has 1 unspecified atom stereocenters. The number of thiazole rings is 1. The van der Waals surface area contributed by atoms with Gasteiger partial charge in [-0.3, -0.25) is 4.79 Å². The Bertz CT molecular complexity index is 381. The minimum Gasteiger partial charge on any atom is -0.301 e. The lowest BCUT2D eigenvalue weighted by Crippen LogP contribution is -2.26. The van der Waals surface area contributed by atoms with Gasteiger partial charge in [0.2, 0.25) is 5.91 Å². The van der Waals surface area contributed by atoms with E-state index in [9.17, 15) is 4.79 Å². The molecule has 1 amide bonds. The minimum absolute atomic E-state index is 0.00224. The first-order valence-corrected chi connectivity index (χ1v) is 7.24. The molecule has 0 saturated carbocycles.